The second kappa shape index (κ2) is 6.76. The highest BCUT2D eigenvalue weighted by molar-refractivity contribution is 5.01. The van der Waals surface area contributed by atoms with Gasteiger partial charge in [0, 0.05) is 25.7 Å². The van der Waals surface area contributed by atoms with Crippen LogP contribution in [0.5, 0.6) is 0 Å². The van der Waals surface area contributed by atoms with Crippen molar-refractivity contribution < 1.29 is 9.47 Å². The summed E-state index contributed by atoms with van der Waals surface area (Å²) >= 11 is 0. The van der Waals surface area contributed by atoms with Crippen molar-refractivity contribution in [3.8, 4) is 0 Å². The van der Waals surface area contributed by atoms with Crippen molar-refractivity contribution in [2.45, 2.75) is 71.0 Å². The topological polar surface area (TPSA) is 30.5 Å². The second-order valence-corrected chi connectivity index (χ2v) is 7.38. The third-order valence-electron chi connectivity index (χ3n) is 5.23. The molecule has 1 N–H and O–H groups in total. The van der Waals surface area contributed by atoms with E-state index in [2.05, 4.69) is 26.1 Å². The molecule has 0 aromatic rings. The summed E-state index contributed by atoms with van der Waals surface area (Å²) in [6, 6.07) is 0. The fraction of sp³-hybridized carbons (Fsp3) is 1.00. The van der Waals surface area contributed by atoms with E-state index in [1.165, 1.54) is 32.1 Å². The Morgan fingerprint density at radius 1 is 1.35 bits per heavy atom. The smallest absolute Gasteiger partial charge is 0.0672 e. The lowest BCUT2D eigenvalue weighted by Gasteiger charge is -2.37. The lowest BCUT2D eigenvalue weighted by Crippen LogP contribution is -2.43. The number of hydrogen-bond donors (Lipinski definition) is 1. The van der Waals surface area contributed by atoms with Gasteiger partial charge < -0.3 is 14.8 Å². The zero-order valence-corrected chi connectivity index (χ0v) is 13.8. The van der Waals surface area contributed by atoms with Crippen molar-refractivity contribution >= 4 is 0 Å². The highest BCUT2D eigenvalue weighted by Gasteiger charge is 2.50. The van der Waals surface area contributed by atoms with Gasteiger partial charge in [0.05, 0.1) is 11.7 Å². The van der Waals surface area contributed by atoms with Crippen LogP contribution in [-0.2, 0) is 9.47 Å². The van der Waals surface area contributed by atoms with Gasteiger partial charge in [-0.1, -0.05) is 6.92 Å². The van der Waals surface area contributed by atoms with E-state index in [-0.39, 0.29) is 5.60 Å². The standard InChI is InChI=1S/C17H33NO2/c1-5-11-18-13-17(9-8-16(2,3)19-4)10-12-20-15(17)14-6-7-14/h14-15,18H,5-13H2,1-4H3. The van der Waals surface area contributed by atoms with Crippen LogP contribution in [-0.4, -0.2) is 38.5 Å². The van der Waals surface area contributed by atoms with E-state index in [0.717, 1.165) is 32.0 Å². The minimum atomic E-state index is -0.0194. The van der Waals surface area contributed by atoms with Crippen molar-refractivity contribution in [1.29, 1.82) is 0 Å². The van der Waals surface area contributed by atoms with Crippen molar-refractivity contribution in [2.75, 3.05) is 26.8 Å². The van der Waals surface area contributed by atoms with Gasteiger partial charge in [-0.2, -0.15) is 0 Å². The number of ether oxygens (including phenoxy) is 2. The summed E-state index contributed by atoms with van der Waals surface area (Å²) in [7, 11) is 1.82. The van der Waals surface area contributed by atoms with Crippen LogP contribution in [0.3, 0.4) is 0 Å². The third kappa shape index (κ3) is 3.96. The molecular weight excluding hydrogens is 250 g/mol. The number of rotatable bonds is 9. The molecule has 20 heavy (non-hydrogen) atoms. The Kier molecular flexibility index (Phi) is 5.49. The van der Waals surface area contributed by atoms with Gasteiger partial charge in [-0.3, -0.25) is 0 Å². The Bertz CT molecular complexity index is 301. The first-order valence-corrected chi connectivity index (χ1v) is 8.40. The summed E-state index contributed by atoms with van der Waals surface area (Å²) in [4.78, 5) is 0. The van der Waals surface area contributed by atoms with Crippen molar-refractivity contribution in [3.63, 3.8) is 0 Å². The fourth-order valence-electron chi connectivity index (χ4n) is 3.45. The van der Waals surface area contributed by atoms with Crippen LogP contribution in [0.25, 0.3) is 0 Å². The number of methoxy groups -OCH3 is 1. The molecule has 3 heteroatoms. The number of nitrogens with one attached hydrogen (secondary N) is 1. The Labute approximate surface area is 124 Å². The fourth-order valence-corrected chi connectivity index (χ4v) is 3.45. The van der Waals surface area contributed by atoms with E-state index in [4.69, 9.17) is 9.47 Å². The van der Waals surface area contributed by atoms with Gasteiger partial charge in [-0.15, -0.1) is 0 Å². The average molecular weight is 283 g/mol. The van der Waals surface area contributed by atoms with Crippen LogP contribution >= 0.6 is 0 Å². The first-order valence-electron chi connectivity index (χ1n) is 8.40. The van der Waals surface area contributed by atoms with Gasteiger partial charge in [0.25, 0.3) is 0 Å². The first kappa shape index (κ1) is 16.3. The summed E-state index contributed by atoms with van der Waals surface area (Å²) < 4.78 is 11.8. The summed E-state index contributed by atoms with van der Waals surface area (Å²) in [5.74, 6) is 0.826. The SMILES string of the molecule is CCCNCC1(CCC(C)(C)OC)CCOC1C1CC1. The largest absolute Gasteiger partial charge is 0.379 e. The lowest BCUT2D eigenvalue weighted by atomic mass is 9.73. The zero-order valence-electron chi connectivity index (χ0n) is 13.8. The van der Waals surface area contributed by atoms with E-state index in [0.29, 0.717) is 11.5 Å². The summed E-state index contributed by atoms with van der Waals surface area (Å²) in [5.41, 5.74) is 0.320. The Balaban J connectivity index is 1.99. The maximum absolute atomic E-state index is 6.14. The van der Waals surface area contributed by atoms with E-state index in [1.54, 1.807) is 0 Å². The van der Waals surface area contributed by atoms with E-state index >= 15 is 0 Å². The molecule has 2 aliphatic rings. The predicted molar refractivity (Wildman–Crippen MR) is 83.0 cm³/mol. The molecule has 0 amide bonds. The van der Waals surface area contributed by atoms with Crippen LogP contribution in [0.2, 0.25) is 0 Å². The van der Waals surface area contributed by atoms with Gasteiger partial charge >= 0.3 is 0 Å². The van der Waals surface area contributed by atoms with Crippen LogP contribution in [0.15, 0.2) is 0 Å². The molecule has 1 heterocycles. The Morgan fingerprint density at radius 3 is 2.70 bits per heavy atom. The maximum atomic E-state index is 6.14. The second-order valence-electron chi connectivity index (χ2n) is 7.38. The van der Waals surface area contributed by atoms with Crippen LogP contribution in [0, 0.1) is 11.3 Å². The summed E-state index contributed by atoms with van der Waals surface area (Å²) in [6.45, 7) is 9.80. The van der Waals surface area contributed by atoms with Crippen LogP contribution in [0.4, 0.5) is 0 Å². The molecule has 1 aliphatic heterocycles. The molecule has 0 bridgehead atoms. The minimum Gasteiger partial charge on any atom is -0.379 e. The van der Waals surface area contributed by atoms with Crippen molar-refractivity contribution in [3.05, 3.63) is 0 Å². The molecule has 118 valence electrons. The van der Waals surface area contributed by atoms with Crippen LogP contribution in [0.1, 0.15) is 59.3 Å². The average Bonchev–Trinajstić information content (AvgIpc) is 3.19. The number of hydrogen-bond acceptors (Lipinski definition) is 3. The third-order valence-corrected chi connectivity index (χ3v) is 5.23. The van der Waals surface area contributed by atoms with Crippen molar-refractivity contribution in [2.24, 2.45) is 11.3 Å². The lowest BCUT2D eigenvalue weighted by molar-refractivity contribution is -0.0160. The van der Waals surface area contributed by atoms with Gasteiger partial charge in [-0.05, 0) is 64.8 Å². The maximum Gasteiger partial charge on any atom is 0.0672 e. The molecule has 0 radical (unpaired) electrons. The summed E-state index contributed by atoms with van der Waals surface area (Å²) in [6.07, 6.45) is 7.97. The molecule has 2 fully saturated rings. The highest BCUT2D eigenvalue weighted by Crippen LogP contribution is 2.50. The molecule has 0 aromatic carbocycles. The van der Waals surface area contributed by atoms with E-state index < -0.39 is 0 Å². The quantitative estimate of drug-likeness (QED) is 0.658. The molecule has 2 rings (SSSR count). The Hall–Kier alpha value is -0.120. The predicted octanol–water partition coefficient (Wildman–Crippen LogP) is 3.38. The molecule has 1 saturated heterocycles. The van der Waals surface area contributed by atoms with Gasteiger partial charge in [0.2, 0.25) is 0 Å². The minimum absolute atomic E-state index is 0.0194. The van der Waals surface area contributed by atoms with Gasteiger partial charge in [0.1, 0.15) is 0 Å². The normalized spacial score (nSPS) is 30.9. The van der Waals surface area contributed by atoms with Gasteiger partial charge in [0.15, 0.2) is 0 Å². The van der Waals surface area contributed by atoms with Gasteiger partial charge in [-0.25, -0.2) is 0 Å². The first-order chi connectivity index (χ1) is 9.53. The molecule has 1 saturated carbocycles. The zero-order chi connectivity index (χ0) is 14.6. The molecule has 3 nitrogen and oxygen atoms in total. The molecular formula is C17H33NO2. The molecule has 0 aromatic heterocycles. The van der Waals surface area contributed by atoms with Crippen LogP contribution < -0.4 is 5.32 Å². The van der Waals surface area contributed by atoms with Crippen molar-refractivity contribution in [1.82, 2.24) is 5.32 Å². The molecule has 0 spiro atoms. The Morgan fingerprint density at radius 2 is 2.10 bits per heavy atom. The molecule has 2 unspecified atom stereocenters. The molecule has 2 atom stereocenters. The summed E-state index contributed by atoms with van der Waals surface area (Å²) in [5, 5.41) is 3.66. The molecule has 1 aliphatic carbocycles. The monoisotopic (exact) mass is 283 g/mol. The van der Waals surface area contributed by atoms with E-state index in [9.17, 15) is 0 Å². The van der Waals surface area contributed by atoms with E-state index in [1.807, 2.05) is 7.11 Å². The highest BCUT2D eigenvalue weighted by atomic mass is 16.5.